The lowest BCUT2D eigenvalue weighted by Gasteiger charge is -2.37. The Morgan fingerprint density at radius 3 is 2.08 bits per heavy atom. The van der Waals surface area contributed by atoms with Gasteiger partial charge >= 0.3 is 0 Å². The fraction of sp³-hybridized carbons (Fsp3) is 0.355. The Hall–Kier alpha value is -3.52. The van der Waals surface area contributed by atoms with Crippen LogP contribution in [0.2, 0.25) is 0 Å². The largest absolute Gasteiger partial charge is 0.497 e. The number of methoxy groups -OCH3 is 1. The van der Waals surface area contributed by atoms with Crippen molar-refractivity contribution < 1.29 is 19.2 Å². The normalized spacial score (nSPS) is 23.6. The fourth-order valence-electron chi connectivity index (χ4n) is 5.56. The number of benzene rings is 3. The molecule has 2 aliphatic heterocycles. The Bertz CT molecular complexity index is 1260. The van der Waals surface area contributed by atoms with Gasteiger partial charge in [-0.15, -0.1) is 0 Å². The maximum atomic E-state index is 14.4. The van der Waals surface area contributed by atoms with E-state index in [1.54, 1.807) is 7.11 Å². The van der Waals surface area contributed by atoms with Gasteiger partial charge in [-0.05, 0) is 49.6 Å². The average Bonchev–Trinajstić information content (AvgIpc) is 3.35. The minimum Gasteiger partial charge on any atom is -0.497 e. The van der Waals surface area contributed by atoms with Gasteiger partial charge in [-0.2, -0.15) is 5.06 Å². The Balaban J connectivity index is 1.50. The lowest BCUT2D eigenvalue weighted by atomic mass is 9.88. The molecule has 2 saturated heterocycles. The van der Waals surface area contributed by atoms with Crippen LogP contribution >= 0.6 is 0 Å². The molecule has 3 atom stereocenters. The average molecular weight is 514 g/mol. The van der Waals surface area contributed by atoms with E-state index in [2.05, 4.69) is 0 Å². The maximum Gasteiger partial charge on any atom is 0.251 e. The summed E-state index contributed by atoms with van der Waals surface area (Å²) in [5.41, 5.74) is 2.56. The number of ether oxygens (including phenoxy) is 1. The van der Waals surface area contributed by atoms with Crippen molar-refractivity contribution in [2.75, 3.05) is 7.11 Å². The number of rotatable bonds is 7. The van der Waals surface area contributed by atoms with Crippen LogP contribution in [0.25, 0.3) is 0 Å². The molecule has 2 fully saturated rings. The first-order valence-corrected chi connectivity index (χ1v) is 13.1. The third kappa shape index (κ3) is 5.10. The fourth-order valence-corrected chi connectivity index (χ4v) is 5.56. The molecular formula is C31H35N3O4. The lowest BCUT2D eigenvalue weighted by molar-refractivity contribution is -0.168. The van der Waals surface area contributed by atoms with Crippen molar-refractivity contribution in [2.45, 2.75) is 58.0 Å². The molecule has 0 N–H and O–H groups in total. The summed E-state index contributed by atoms with van der Waals surface area (Å²) in [5.74, 6) is -0.259. The number of nitrogens with zero attached hydrogens (tertiary/aromatic N) is 3. The summed E-state index contributed by atoms with van der Waals surface area (Å²) in [6, 6.07) is 27.4. The first kappa shape index (κ1) is 26.1. The predicted molar refractivity (Wildman–Crippen MR) is 144 cm³/mol. The number of hydroxylamine groups is 2. The molecule has 5 rings (SSSR count). The summed E-state index contributed by atoms with van der Waals surface area (Å²) < 4.78 is 5.37. The smallest absolute Gasteiger partial charge is 0.251 e. The highest BCUT2D eigenvalue weighted by atomic mass is 16.7. The number of carbonyl (C=O) groups excluding carboxylic acids is 2. The number of hydrazine groups is 1. The molecule has 3 aromatic carbocycles. The van der Waals surface area contributed by atoms with E-state index in [9.17, 15) is 9.59 Å². The highest BCUT2D eigenvalue weighted by Gasteiger charge is 2.54. The van der Waals surface area contributed by atoms with Crippen LogP contribution in [0.3, 0.4) is 0 Å². The summed E-state index contributed by atoms with van der Waals surface area (Å²) in [7, 11) is 1.63. The molecule has 0 saturated carbocycles. The zero-order valence-corrected chi connectivity index (χ0v) is 22.4. The molecule has 2 aliphatic rings. The van der Waals surface area contributed by atoms with Crippen molar-refractivity contribution in [1.29, 1.82) is 0 Å². The van der Waals surface area contributed by atoms with E-state index in [4.69, 9.17) is 9.57 Å². The molecule has 7 heteroatoms. The molecule has 2 heterocycles. The van der Waals surface area contributed by atoms with E-state index in [0.29, 0.717) is 13.1 Å². The molecule has 0 aliphatic carbocycles. The van der Waals surface area contributed by atoms with Gasteiger partial charge in [0.1, 0.15) is 5.75 Å². The van der Waals surface area contributed by atoms with Gasteiger partial charge in [-0.1, -0.05) is 72.8 Å². The second kappa shape index (κ2) is 10.7. The van der Waals surface area contributed by atoms with Crippen LogP contribution in [0.15, 0.2) is 84.9 Å². The molecule has 7 nitrogen and oxygen atoms in total. The topological polar surface area (TPSA) is 62.3 Å². The van der Waals surface area contributed by atoms with Gasteiger partial charge in [0.25, 0.3) is 5.91 Å². The van der Waals surface area contributed by atoms with Gasteiger partial charge in [0, 0.05) is 25.0 Å². The summed E-state index contributed by atoms with van der Waals surface area (Å²) in [4.78, 5) is 34.1. The molecule has 0 aromatic heterocycles. The van der Waals surface area contributed by atoms with Crippen molar-refractivity contribution in [1.82, 2.24) is 15.1 Å². The third-order valence-electron chi connectivity index (χ3n) is 7.53. The van der Waals surface area contributed by atoms with Crippen LogP contribution < -0.4 is 4.74 Å². The molecule has 2 amide bonds. The van der Waals surface area contributed by atoms with Crippen molar-refractivity contribution in [3.8, 4) is 5.75 Å². The van der Waals surface area contributed by atoms with Crippen molar-refractivity contribution in [2.24, 2.45) is 5.92 Å². The lowest BCUT2D eigenvalue weighted by Crippen LogP contribution is -2.52. The SMILES string of the molecule is COc1ccc([C@H]2[C@@H](C(=O)N3C(=O)CC(C)(C)N3Cc3ccccc3)[C@H](C)ON2Cc2ccccc2)cc1. The zero-order chi connectivity index (χ0) is 26.9. The van der Waals surface area contributed by atoms with E-state index >= 15 is 0 Å². The maximum absolute atomic E-state index is 14.4. The van der Waals surface area contributed by atoms with Gasteiger partial charge in [0.05, 0.1) is 25.2 Å². The molecule has 198 valence electrons. The van der Waals surface area contributed by atoms with Gasteiger partial charge in [0.2, 0.25) is 5.91 Å². The standard InChI is InChI=1S/C31H35N3O4/c1-22-28(30(36)34-27(35)19-31(2,3)33(34)21-24-13-9-6-10-14-24)29(25-15-17-26(37-4)18-16-25)32(38-22)20-23-11-7-5-8-12-23/h5-18,22,28-29H,19-21H2,1-4H3/t22-,28-,29-/m0/s1. The predicted octanol–water partition coefficient (Wildman–Crippen LogP) is 5.14. The van der Waals surface area contributed by atoms with Gasteiger partial charge in [0.15, 0.2) is 0 Å². The van der Waals surface area contributed by atoms with Crippen LogP contribution in [0, 0.1) is 5.92 Å². The monoisotopic (exact) mass is 513 g/mol. The molecule has 3 aromatic rings. The third-order valence-corrected chi connectivity index (χ3v) is 7.53. The number of amides is 2. The van der Waals surface area contributed by atoms with E-state index in [0.717, 1.165) is 22.4 Å². The van der Waals surface area contributed by atoms with E-state index in [-0.39, 0.29) is 24.3 Å². The van der Waals surface area contributed by atoms with E-state index in [1.807, 2.05) is 116 Å². The van der Waals surface area contributed by atoms with Gasteiger partial charge in [-0.3, -0.25) is 14.4 Å². The van der Waals surface area contributed by atoms with Crippen LogP contribution in [0.4, 0.5) is 0 Å². The number of hydrogen-bond donors (Lipinski definition) is 0. The van der Waals surface area contributed by atoms with Crippen LogP contribution in [-0.4, -0.2) is 45.6 Å². The summed E-state index contributed by atoms with van der Waals surface area (Å²) >= 11 is 0. The number of carbonyl (C=O) groups is 2. The summed E-state index contributed by atoms with van der Waals surface area (Å²) in [5, 5.41) is 5.20. The highest BCUT2D eigenvalue weighted by Crippen LogP contribution is 2.43. The molecule has 0 bridgehead atoms. The van der Waals surface area contributed by atoms with E-state index < -0.39 is 17.6 Å². The van der Waals surface area contributed by atoms with Crippen LogP contribution in [0.5, 0.6) is 5.75 Å². The van der Waals surface area contributed by atoms with Gasteiger partial charge in [-0.25, -0.2) is 10.0 Å². The molecule has 0 unspecified atom stereocenters. The van der Waals surface area contributed by atoms with Crippen molar-refractivity contribution >= 4 is 11.8 Å². The Kier molecular flexibility index (Phi) is 7.34. The van der Waals surface area contributed by atoms with Crippen molar-refractivity contribution in [3.63, 3.8) is 0 Å². The van der Waals surface area contributed by atoms with E-state index in [1.165, 1.54) is 5.01 Å². The zero-order valence-electron chi connectivity index (χ0n) is 22.4. The highest BCUT2D eigenvalue weighted by molar-refractivity contribution is 5.98. The van der Waals surface area contributed by atoms with Crippen molar-refractivity contribution in [3.05, 3.63) is 102 Å². The minimum atomic E-state index is -0.580. The molecular weight excluding hydrogens is 478 g/mol. The molecule has 0 spiro atoms. The summed E-state index contributed by atoms with van der Waals surface area (Å²) in [6.45, 7) is 6.92. The number of hydrogen-bond acceptors (Lipinski definition) is 6. The Morgan fingerprint density at radius 1 is 0.921 bits per heavy atom. The second-order valence-corrected chi connectivity index (χ2v) is 10.7. The second-order valence-electron chi connectivity index (χ2n) is 10.7. The Morgan fingerprint density at radius 2 is 1.50 bits per heavy atom. The summed E-state index contributed by atoms with van der Waals surface area (Å²) in [6.07, 6.45) is -0.150. The first-order chi connectivity index (χ1) is 18.3. The number of imide groups is 1. The van der Waals surface area contributed by atoms with Crippen LogP contribution in [0.1, 0.15) is 49.9 Å². The Labute approximate surface area is 224 Å². The minimum absolute atomic E-state index is 0.182. The molecule has 38 heavy (non-hydrogen) atoms. The quantitative estimate of drug-likeness (QED) is 0.408. The first-order valence-electron chi connectivity index (χ1n) is 13.1. The van der Waals surface area contributed by atoms with Crippen LogP contribution in [-0.2, 0) is 27.5 Å². The van der Waals surface area contributed by atoms with Gasteiger partial charge < -0.3 is 4.74 Å². The molecule has 0 radical (unpaired) electrons.